The predicted octanol–water partition coefficient (Wildman–Crippen LogP) is 0.169. The maximum atomic E-state index is 9.94. The predicted molar refractivity (Wildman–Crippen MR) is 50.7 cm³/mol. The van der Waals surface area contributed by atoms with Crippen LogP contribution >= 0.6 is 0 Å². The fraction of sp³-hybridized carbons (Fsp3) is 0.556. The topological polar surface area (TPSA) is 46.7 Å². The maximum absolute atomic E-state index is 9.94. The van der Waals surface area contributed by atoms with E-state index in [9.17, 15) is 5.11 Å². The van der Waals surface area contributed by atoms with E-state index < -0.39 is 5.60 Å². The van der Waals surface area contributed by atoms with Crippen LogP contribution in [0.4, 0.5) is 0 Å². The Bertz CT molecular complexity index is 300. The Morgan fingerprint density at radius 3 is 2.75 bits per heavy atom. The largest absolute Gasteiger partial charge is 0.377 e. The van der Waals surface area contributed by atoms with Crippen molar-refractivity contribution in [3.8, 4) is 0 Å². The fourth-order valence-corrected chi connectivity index (χ4v) is 0.808. The molecule has 0 amide bonds. The molecular weight excluding hydrogens is 152 g/mol. The van der Waals surface area contributed by atoms with Crippen molar-refractivity contribution in [3.05, 3.63) is 6.20 Å². The number of aliphatic imine (C=N–C) groups is 1. The summed E-state index contributed by atoms with van der Waals surface area (Å²) in [5, 5.41) is 9.94. The molecule has 0 radical (unpaired) electrons. The third kappa shape index (κ3) is 1.54. The molecule has 0 fully saturated rings. The standard InChI is InChI=1S/C9H13N2O/c1-7(2)9(3,12)8-6-10-4-5-11-8/h4,6-7,12H,1-3H3/q+1. The first-order chi connectivity index (χ1) is 5.55. The molecule has 1 atom stereocenters. The minimum atomic E-state index is -0.912. The fourth-order valence-electron chi connectivity index (χ4n) is 0.808. The van der Waals surface area contributed by atoms with Gasteiger partial charge in [0.05, 0.1) is 0 Å². The average Bonchev–Trinajstić information content (AvgIpc) is 2.06. The number of rotatable bonds is 2. The van der Waals surface area contributed by atoms with Gasteiger partial charge in [-0.15, -0.1) is 0 Å². The Hall–Kier alpha value is -1.14. The van der Waals surface area contributed by atoms with Crippen LogP contribution in [0.25, 0.3) is 0 Å². The summed E-state index contributed by atoms with van der Waals surface area (Å²) >= 11 is 0. The molecule has 1 unspecified atom stereocenters. The Balaban J connectivity index is 3.05. The van der Waals surface area contributed by atoms with E-state index in [0.717, 1.165) is 0 Å². The van der Waals surface area contributed by atoms with Crippen molar-refractivity contribution in [3.63, 3.8) is 0 Å². The van der Waals surface area contributed by atoms with Crippen LogP contribution in [0, 0.1) is 5.92 Å². The number of aliphatic hydroxyl groups is 1. The van der Waals surface area contributed by atoms with Crippen LogP contribution in [0.5, 0.6) is 0 Å². The van der Waals surface area contributed by atoms with E-state index in [2.05, 4.69) is 15.5 Å². The second-order valence-corrected chi connectivity index (χ2v) is 3.34. The first kappa shape index (κ1) is 8.95. The number of hydrogen-bond donors (Lipinski definition) is 1. The molecule has 3 nitrogen and oxygen atoms in total. The summed E-state index contributed by atoms with van der Waals surface area (Å²) in [4.78, 5) is 3.86. The van der Waals surface area contributed by atoms with E-state index in [-0.39, 0.29) is 5.92 Å². The molecule has 0 aliphatic carbocycles. The Labute approximate surface area is 71.9 Å². The first-order valence-electron chi connectivity index (χ1n) is 3.96. The lowest BCUT2D eigenvalue weighted by Gasteiger charge is -2.20. The van der Waals surface area contributed by atoms with Gasteiger partial charge in [-0.2, -0.15) is 0 Å². The van der Waals surface area contributed by atoms with Crippen LogP contribution in [-0.2, 0) is 0 Å². The van der Waals surface area contributed by atoms with Crippen molar-refractivity contribution in [2.24, 2.45) is 10.9 Å². The Morgan fingerprint density at radius 1 is 1.67 bits per heavy atom. The van der Waals surface area contributed by atoms with Crippen LogP contribution in [-0.4, -0.2) is 28.5 Å². The van der Waals surface area contributed by atoms with Gasteiger partial charge in [-0.3, -0.25) is 0 Å². The van der Waals surface area contributed by atoms with Gasteiger partial charge in [0.25, 0.3) is 0 Å². The molecule has 1 N–H and O–H groups in total. The summed E-state index contributed by atoms with van der Waals surface area (Å²) in [6.07, 6.45) is 3.04. The molecule has 64 valence electrons. The molecule has 0 saturated heterocycles. The third-order valence-corrected chi connectivity index (χ3v) is 2.16. The molecule has 1 aliphatic rings. The highest BCUT2D eigenvalue weighted by atomic mass is 16.3. The molecule has 1 heterocycles. The maximum Gasteiger partial charge on any atom is 0.366 e. The first-order valence-corrected chi connectivity index (χ1v) is 3.96. The average molecular weight is 165 g/mol. The lowest BCUT2D eigenvalue weighted by atomic mass is 9.88. The summed E-state index contributed by atoms with van der Waals surface area (Å²) in [6, 6.07) is 0. The van der Waals surface area contributed by atoms with Gasteiger partial charge in [-0.25, -0.2) is 4.99 Å². The molecule has 0 aromatic rings. The van der Waals surface area contributed by atoms with E-state index in [1.165, 1.54) is 6.20 Å². The summed E-state index contributed by atoms with van der Waals surface area (Å²) in [7, 11) is 0. The van der Waals surface area contributed by atoms with Gasteiger partial charge in [-0.05, 0) is 17.5 Å². The lowest BCUT2D eigenvalue weighted by molar-refractivity contribution is 0.0850. The second kappa shape index (κ2) is 3.08. The van der Waals surface area contributed by atoms with Crippen molar-refractivity contribution in [1.29, 1.82) is 0 Å². The minimum absolute atomic E-state index is 0.114. The molecule has 3 heteroatoms. The third-order valence-electron chi connectivity index (χ3n) is 2.16. The summed E-state index contributed by atoms with van der Waals surface area (Å²) < 4.78 is 3.93. The molecule has 1 rings (SSSR count). The molecule has 0 aromatic heterocycles. The van der Waals surface area contributed by atoms with Gasteiger partial charge in [0.15, 0.2) is 11.8 Å². The van der Waals surface area contributed by atoms with Gasteiger partial charge in [0, 0.05) is 0 Å². The summed E-state index contributed by atoms with van der Waals surface area (Å²) in [6.45, 7) is 5.61. The zero-order valence-corrected chi connectivity index (χ0v) is 7.57. The molecule has 0 spiro atoms. The van der Waals surface area contributed by atoms with Crippen LogP contribution in [0.15, 0.2) is 11.2 Å². The van der Waals surface area contributed by atoms with E-state index >= 15 is 0 Å². The Morgan fingerprint density at radius 2 is 2.33 bits per heavy atom. The van der Waals surface area contributed by atoms with Crippen LogP contribution in [0.2, 0.25) is 0 Å². The highest BCUT2D eigenvalue weighted by Crippen LogP contribution is 2.16. The highest BCUT2D eigenvalue weighted by molar-refractivity contribution is 6.34. The van der Waals surface area contributed by atoms with Gasteiger partial charge < -0.3 is 5.11 Å². The van der Waals surface area contributed by atoms with E-state index in [0.29, 0.717) is 5.71 Å². The Kier molecular flexibility index (Phi) is 2.30. The van der Waals surface area contributed by atoms with Crippen molar-refractivity contribution in [2.75, 3.05) is 0 Å². The molecule has 12 heavy (non-hydrogen) atoms. The van der Waals surface area contributed by atoms with Crippen molar-refractivity contribution in [2.45, 2.75) is 26.4 Å². The van der Waals surface area contributed by atoms with E-state index in [1.807, 2.05) is 13.8 Å². The zero-order chi connectivity index (χ0) is 9.19. The normalized spacial score (nSPS) is 19.6. The monoisotopic (exact) mass is 165 g/mol. The van der Waals surface area contributed by atoms with Crippen molar-refractivity contribution < 1.29 is 5.11 Å². The van der Waals surface area contributed by atoms with Gasteiger partial charge >= 0.3 is 11.6 Å². The second-order valence-electron chi connectivity index (χ2n) is 3.34. The summed E-state index contributed by atoms with van der Waals surface area (Å²) in [5.41, 5.74) is -0.342. The van der Waals surface area contributed by atoms with Crippen LogP contribution < -0.4 is 4.67 Å². The molecule has 0 bridgehead atoms. The molecular formula is C9H13N2O+. The van der Waals surface area contributed by atoms with Crippen molar-refractivity contribution >= 4 is 17.8 Å². The molecule has 0 aromatic carbocycles. The number of nitrogens with zero attached hydrogens (tertiary/aromatic N) is 2. The number of hydrogen-bond acceptors (Lipinski definition) is 2. The van der Waals surface area contributed by atoms with Gasteiger partial charge in [0.1, 0.15) is 6.21 Å². The lowest BCUT2D eigenvalue weighted by Crippen LogP contribution is -2.43. The van der Waals surface area contributed by atoms with Gasteiger partial charge in [0.2, 0.25) is 0 Å². The minimum Gasteiger partial charge on any atom is -0.377 e. The van der Waals surface area contributed by atoms with Crippen LogP contribution in [0.1, 0.15) is 20.8 Å². The molecule has 0 saturated carbocycles. The zero-order valence-electron chi connectivity index (χ0n) is 7.57. The van der Waals surface area contributed by atoms with Crippen molar-refractivity contribution in [1.82, 2.24) is 4.67 Å². The SMILES string of the molecule is CC(C)C(C)(O)C1=[N+]=C=CN=C1. The van der Waals surface area contributed by atoms with Gasteiger partial charge in [-0.1, -0.05) is 13.8 Å². The van der Waals surface area contributed by atoms with E-state index in [1.54, 1.807) is 13.1 Å². The summed E-state index contributed by atoms with van der Waals surface area (Å²) in [5.74, 6) is 2.71. The smallest absolute Gasteiger partial charge is 0.366 e. The quantitative estimate of drug-likeness (QED) is 0.582. The molecule has 1 aliphatic heterocycles. The highest BCUT2D eigenvalue weighted by Gasteiger charge is 2.38. The van der Waals surface area contributed by atoms with Crippen LogP contribution in [0.3, 0.4) is 0 Å². The van der Waals surface area contributed by atoms with E-state index in [4.69, 9.17) is 0 Å².